The Kier molecular flexibility index (Phi) is 19.3. The summed E-state index contributed by atoms with van der Waals surface area (Å²) in [5.41, 5.74) is 0. The van der Waals surface area contributed by atoms with Crippen molar-refractivity contribution in [2.24, 2.45) is 5.92 Å². The summed E-state index contributed by atoms with van der Waals surface area (Å²) in [6.07, 6.45) is 9.15. The van der Waals surface area contributed by atoms with Gasteiger partial charge in [-0.25, -0.2) is 24.1 Å². The van der Waals surface area contributed by atoms with Crippen LogP contribution in [0.2, 0.25) is 0 Å². The van der Waals surface area contributed by atoms with Crippen LogP contribution < -0.4 is 0 Å². The zero-order valence-corrected chi connectivity index (χ0v) is 15.4. The van der Waals surface area contributed by atoms with Gasteiger partial charge in [0.15, 0.2) is 0 Å². The zero-order chi connectivity index (χ0) is 15.1. The summed E-state index contributed by atoms with van der Waals surface area (Å²) in [6, 6.07) is 0. The average Bonchev–Trinajstić information content (AvgIpc) is 2.38. The maximum atomic E-state index is 11.0. The van der Waals surface area contributed by atoms with E-state index in [1.807, 2.05) is 6.92 Å². The van der Waals surface area contributed by atoms with Gasteiger partial charge in [0.05, 0.1) is 6.10 Å². The molecule has 0 aromatic rings. The first-order valence-electron chi connectivity index (χ1n) is 6.08. The normalized spacial score (nSPS) is 12.7. The molecule has 0 aliphatic rings. The van der Waals surface area contributed by atoms with Gasteiger partial charge in [-0.15, -0.1) is 0 Å². The molecule has 0 N–H and O–H groups in total. The van der Waals surface area contributed by atoms with Gasteiger partial charge in [0.25, 0.3) is 0 Å². The van der Waals surface area contributed by atoms with Crippen LogP contribution in [-0.2, 0) is 30.4 Å². The second kappa shape index (κ2) is 16.7. The number of unbranched alkanes of at least 4 members (excludes halogenated alkanes) is 4. The number of carbonyl (C=O) groups is 1. The topological polar surface area (TPSA) is 26.3 Å². The predicted molar refractivity (Wildman–Crippen MR) is 78.7 cm³/mol. The minimum atomic E-state index is -0.826. The molecule has 2 atom stereocenters. The zero-order valence-electron chi connectivity index (χ0n) is 11.4. The molecule has 19 heavy (non-hydrogen) atoms. The number of esters is 1. The fourth-order valence-electron chi connectivity index (χ4n) is 1.21. The molecule has 0 amide bonds. The molecule has 0 radical (unpaired) electrons. The molecule has 0 spiro atoms. The van der Waals surface area contributed by atoms with Crippen molar-refractivity contribution in [1.82, 2.24) is 0 Å². The molecule has 0 aliphatic heterocycles. The summed E-state index contributed by atoms with van der Waals surface area (Å²) in [7, 11) is 9.87. The van der Waals surface area contributed by atoms with E-state index in [0.29, 0.717) is 0 Å². The fourth-order valence-corrected chi connectivity index (χ4v) is 1.21. The number of ether oxygens (including phenoxy) is 1. The van der Waals surface area contributed by atoms with E-state index < -0.39 is 20.8 Å². The summed E-state index contributed by atoms with van der Waals surface area (Å²) < 4.78 is 5.08. The van der Waals surface area contributed by atoms with Crippen molar-refractivity contribution in [2.45, 2.75) is 38.7 Å². The van der Waals surface area contributed by atoms with Crippen molar-refractivity contribution in [3.63, 3.8) is 0 Å². The van der Waals surface area contributed by atoms with E-state index in [4.69, 9.17) is 21.8 Å². The molecule has 0 fully saturated rings. The fraction of sp³-hybridized carbons (Fsp3) is 0.500. The SMILES string of the molecule is C=CC(=O)OC(C)C([CH2-])C[CH-]C[CH-]CC[CH2-].[Cl][Zr][Cl]. The van der Waals surface area contributed by atoms with Crippen LogP contribution in [0.15, 0.2) is 12.7 Å². The number of rotatable bonds is 9. The molecule has 2 unspecified atom stereocenters. The number of halogens is 2. The van der Waals surface area contributed by atoms with Gasteiger partial charge in [-0.2, -0.15) is 5.92 Å². The first kappa shape index (κ1) is 22.0. The monoisotopic (exact) mass is 382 g/mol. The Labute approximate surface area is 136 Å². The Morgan fingerprint density at radius 3 is 2.58 bits per heavy atom. The quantitative estimate of drug-likeness (QED) is 0.249. The van der Waals surface area contributed by atoms with Gasteiger partial charge in [-0.05, 0) is 6.92 Å². The average molecular weight is 384 g/mol. The predicted octanol–water partition coefficient (Wildman–Crippen LogP) is 4.73. The molecular weight excluding hydrogens is 362 g/mol. The Hall–Kier alpha value is 0.673. The van der Waals surface area contributed by atoms with Crippen molar-refractivity contribution in [3.8, 4) is 0 Å². The number of carbonyl (C=O) groups excluding carboxylic acids is 1. The van der Waals surface area contributed by atoms with E-state index in [-0.39, 0.29) is 18.0 Å². The van der Waals surface area contributed by atoms with Gasteiger partial charge in [0.1, 0.15) is 0 Å². The summed E-state index contributed by atoms with van der Waals surface area (Å²) >= 11 is -0.826. The summed E-state index contributed by atoms with van der Waals surface area (Å²) in [6.45, 7) is 12.9. The van der Waals surface area contributed by atoms with Gasteiger partial charge in [0, 0.05) is 6.08 Å². The Morgan fingerprint density at radius 2 is 2.11 bits per heavy atom. The molecule has 0 aromatic heterocycles. The van der Waals surface area contributed by atoms with Crippen LogP contribution in [0.3, 0.4) is 0 Å². The molecule has 0 saturated heterocycles. The molecule has 0 heterocycles. The van der Waals surface area contributed by atoms with E-state index in [1.165, 1.54) is 6.08 Å². The molecule has 0 rings (SSSR count). The van der Waals surface area contributed by atoms with Gasteiger partial charge < -0.3 is 37.8 Å². The van der Waals surface area contributed by atoms with Crippen molar-refractivity contribution in [2.75, 3.05) is 0 Å². The minimum absolute atomic E-state index is 0.0945. The molecule has 2 nitrogen and oxygen atoms in total. The van der Waals surface area contributed by atoms with E-state index in [2.05, 4.69) is 33.3 Å². The van der Waals surface area contributed by atoms with Gasteiger partial charge in [0.2, 0.25) is 0 Å². The first-order chi connectivity index (χ1) is 9.03. The van der Waals surface area contributed by atoms with Crippen LogP contribution in [0.1, 0.15) is 32.6 Å². The van der Waals surface area contributed by atoms with E-state index in [9.17, 15) is 4.79 Å². The third kappa shape index (κ3) is 16.6. The third-order valence-electron chi connectivity index (χ3n) is 2.34. The van der Waals surface area contributed by atoms with Crippen molar-refractivity contribution in [1.29, 1.82) is 0 Å². The van der Waals surface area contributed by atoms with E-state index in [0.717, 1.165) is 25.7 Å². The van der Waals surface area contributed by atoms with E-state index in [1.54, 1.807) is 0 Å². The van der Waals surface area contributed by atoms with Gasteiger partial charge >= 0.3 is 43.8 Å². The molecule has 0 bridgehead atoms. The molecule has 0 aromatic carbocycles. The standard InChI is InChI=1S/C14H22O2.2ClH.Zr/c1-5-7-8-9-10-11-12(3)13(4)16-14(15)6-2;;;/h6,8,10,12-13H,1-3,5,7,9,11H2,4H3;2*1H;/q-4;;;+2/p-2. The summed E-state index contributed by atoms with van der Waals surface area (Å²) in [5.74, 6) is -0.290. The molecule has 0 saturated carbocycles. The number of hydrogen-bond acceptors (Lipinski definition) is 2. The molecule has 5 heteroatoms. The maximum absolute atomic E-state index is 11.0. The van der Waals surface area contributed by atoms with Crippen molar-refractivity contribution in [3.05, 3.63) is 39.3 Å². The van der Waals surface area contributed by atoms with Crippen LogP contribution >= 0.6 is 17.0 Å². The van der Waals surface area contributed by atoms with Crippen LogP contribution in [0, 0.1) is 32.6 Å². The Bertz CT molecular complexity index is 225. The van der Waals surface area contributed by atoms with Crippen LogP contribution in [0.4, 0.5) is 0 Å². The van der Waals surface area contributed by atoms with Gasteiger partial charge in [-0.1, -0.05) is 6.58 Å². The van der Waals surface area contributed by atoms with Crippen molar-refractivity contribution < 1.29 is 30.4 Å². The summed E-state index contributed by atoms with van der Waals surface area (Å²) in [5, 5.41) is 0. The second-order valence-electron chi connectivity index (χ2n) is 3.87. The van der Waals surface area contributed by atoms with Gasteiger partial charge in [-0.3, -0.25) is 0 Å². The number of hydrogen-bond donors (Lipinski definition) is 0. The molecular formula is C14H22Cl2O2Zr-4. The second-order valence-corrected chi connectivity index (χ2v) is 7.60. The molecule has 112 valence electrons. The third-order valence-corrected chi connectivity index (χ3v) is 2.34. The van der Waals surface area contributed by atoms with Crippen LogP contribution in [0.5, 0.6) is 0 Å². The molecule has 0 aliphatic carbocycles. The van der Waals surface area contributed by atoms with Crippen LogP contribution in [-0.4, -0.2) is 12.1 Å². The first-order valence-corrected chi connectivity index (χ1v) is 12.4. The van der Waals surface area contributed by atoms with Crippen molar-refractivity contribution >= 4 is 23.0 Å². The summed E-state index contributed by atoms with van der Waals surface area (Å²) in [4.78, 5) is 11.0. The Balaban J connectivity index is 0. The van der Waals surface area contributed by atoms with Crippen LogP contribution in [0.25, 0.3) is 0 Å². The van der Waals surface area contributed by atoms with E-state index >= 15 is 0 Å². The Morgan fingerprint density at radius 1 is 1.53 bits per heavy atom.